The fourth-order valence-electron chi connectivity index (χ4n) is 10.8. The van der Waals surface area contributed by atoms with Crippen molar-refractivity contribution >= 4 is 11.9 Å². The predicted molar refractivity (Wildman–Crippen MR) is 372 cm³/mol. The van der Waals surface area contributed by atoms with Crippen LogP contribution in [0.1, 0.15) is 134 Å². The van der Waals surface area contributed by atoms with E-state index in [0.29, 0.717) is 56.4 Å². The van der Waals surface area contributed by atoms with Gasteiger partial charge in [0.25, 0.3) is 0 Å². The minimum atomic E-state index is -1.50. The Morgan fingerprint density at radius 1 is 0.360 bits per heavy atom. The molecule has 100 heavy (non-hydrogen) atoms. The molecule has 0 amide bonds. The molecule has 0 radical (unpaired) electrons. The molecule has 0 fully saturated rings. The summed E-state index contributed by atoms with van der Waals surface area (Å²) in [6.45, 7) is 13.1. The highest BCUT2D eigenvalue weighted by atomic mass is 19.1. The molecule has 4 atom stereocenters. The molecule has 0 aliphatic carbocycles. The summed E-state index contributed by atoms with van der Waals surface area (Å²) in [5.74, 6) is -0.931. The molecule has 18 nitrogen and oxygen atoms in total. The lowest BCUT2D eigenvalue weighted by Gasteiger charge is -2.33. The third kappa shape index (κ3) is 20.2. The Labute approximate surface area is 582 Å². The van der Waals surface area contributed by atoms with Crippen LogP contribution in [0.3, 0.4) is 0 Å². The summed E-state index contributed by atoms with van der Waals surface area (Å²) in [6.07, 6.45) is -3.61. The van der Waals surface area contributed by atoms with E-state index in [2.05, 4.69) is 9.47 Å². The van der Waals surface area contributed by atoms with E-state index in [4.69, 9.17) is 37.9 Å². The van der Waals surface area contributed by atoms with E-state index in [0.717, 1.165) is 22.3 Å². The van der Waals surface area contributed by atoms with Gasteiger partial charge in [-0.2, -0.15) is 0 Å². The van der Waals surface area contributed by atoms with Gasteiger partial charge in [-0.1, -0.05) is 48.5 Å². The summed E-state index contributed by atoms with van der Waals surface area (Å²) in [7, 11) is 14.9. The van der Waals surface area contributed by atoms with E-state index in [1.54, 1.807) is 91.2 Å². The third-order valence-electron chi connectivity index (χ3n) is 16.7. The Balaban J connectivity index is 0.000000240. The first-order chi connectivity index (χ1) is 47.1. The first-order valence-corrected chi connectivity index (χ1v) is 31.4. The molecule has 0 saturated heterocycles. The van der Waals surface area contributed by atoms with E-state index in [1.165, 1.54) is 141 Å². The minimum Gasteiger partial charge on any atom is -0.497 e. The number of hydrogen-bond acceptors (Lipinski definition) is 18. The standard InChI is InChI=1S/2C20H25FO4.2C19H21FO5/c2*1-20(2,25-5)19(24-4)17-10-13(12-22)6-8-15(17)16-11-14(23-3)7-9-18(16)21;2*1-19(2,23)17(21)15-9-11(18(22)25-4)5-7-13(15)14-10-12(24-3)6-8-16(14)20/h2*6-11,19,22H,12H2,1-5H3;2*5-10,17,21,23H,1-4H3/t2*19-;2*17-/m1010/s1. The largest absolute Gasteiger partial charge is 0.497 e. The topological polar surface area (TPSA) is 248 Å². The lowest BCUT2D eigenvalue weighted by molar-refractivity contribution is -0.0968. The lowest BCUT2D eigenvalue weighted by atomic mass is 9.87. The van der Waals surface area contributed by atoms with Gasteiger partial charge in [-0.05, 0) is 208 Å². The molecular weight excluding hydrogens is 1300 g/mol. The zero-order chi connectivity index (χ0) is 74.8. The molecule has 6 N–H and O–H groups in total. The number of aliphatic hydroxyl groups is 6. The van der Waals surface area contributed by atoms with E-state index < -0.39 is 70.4 Å². The highest BCUT2D eigenvalue weighted by molar-refractivity contribution is 5.91. The Kier molecular flexibility index (Phi) is 29.5. The zero-order valence-electron chi connectivity index (χ0n) is 59.7. The van der Waals surface area contributed by atoms with E-state index >= 15 is 0 Å². The van der Waals surface area contributed by atoms with Crippen molar-refractivity contribution < 1.29 is 105 Å². The van der Waals surface area contributed by atoms with Crippen LogP contribution in [0.15, 0.2) is 146 Å². The second-order valence-electron chi connectivity index (χ2n) is 25.1. The van der Waals surface area contributed by atoms with Crippen LogP contribution in [0.25, 0.3) is 44.5 Å². The molecule has 0 heterocycles. The smallest absolute Gasteiger partial charge is 0.337 e. The molecule has 0 aliphatic heterocycles. The Hall–Kier alpha value is -8.78. The molecule has 0 aliphatic rings. The molecule has 8 rings (SSSR count). The molecule has 0 aromatic heterocycles. The first-order valence-electron chi connectivity index (χ1n) is 31.4. The van der Waals surface area contributed by atoms with Gasteiger partial charge in [-0.3, -0.25) is 0 Å². The van der Waals surface area contributed by atoms with Gasteiger partial charge >= 0.3 is 11.9 Å². The van der Waals surface area contributed by atoms with Crippen molar-refractivity contribution in [3.05, 3.63) is 213 Å². The predicted octanol–water partition coefficient (Wildman–Crippen LogP) is 14.4. The molecule has 0 saturated carbocycles. The summed E-state index contributed by atoms with van der Waals surface area (Å²) >= 11 is 0. The van der Waals surface area contributed by atoms with Crippen LogP contribution in [0.5, 0.6) is 23.0 Å². The summed E-state index contributed by atoms with van der Waals surface area (Å²) < 4.78 is 110. The monoisotopic (exact) mass is 1390 g/mol. The maximum atomic E-state index is 14.5. The van der Waals surface area contributed by atoms with E-state index in [-0.39, 0.29) is 58.2 Å². The van der Waals surface area contributed by atoms with Crippen LogP contribution >= 0.6 is 0 Å². The number of halogens is 4. The number of rotatable bonds is 24. The Morgan fingerprint density at radius 3 is 0.840 bits per heavy atom. The minimum absolute atomic E-state index is 0.113. The van der Waals surface area contributed by atoms with Crippen molar-refractivity contribution in [1.82, 2.24) is 0 Å². The maximum Gasteiger partial charge on any atom is 0.337 e. The van der Waals surface area contributed by atoms with Crippen molar-refractivity contribution in [2.24, 2.45) is 0 Å². The molecule has 8 aromatic rings. The summed E-state index contributed by atoms with van der Waals surface area (Å²) in [5.41, 5.74) is 2.66. The maximum absolute atomic E-state index is 14.5. The highest BCUT2D eigenvalue weighted by Crippen LogP contribution is 2.44. The number of hydrogen-bond donors (Lipinski definition) is 6. The normalized spacial score (nSPS) is 12.8. The second kappa shape index (κ2) is 36.0. The van der Waals surface area contributed by atoms with Gasteiger partial charge in [0.1, 0.15) is 70.7 Å². The number of aliphatic hydroxyl groups excluding tert-OH is 4. The Morgan fingerprint density at radius 2 is 0.620 bits per heavy atom. The van der Waals surface area contributed by atoms with Gasteiger partial charge in [0.15, 0.2) is 0 Å². The van der Waals surface area contributed by atoms with E-state index in [1.807, 2.05) is 39.8 Å². The average Bonchev–Trinajstić information content (AvgIpc) is 0.802. The third-order valence-corrected chi connectivity index (χ3v) is 16.7. The Bertz CT molecular complexity index is 3790. The van der Waals surface area contributed by atoms with Crippen LogP contribution in [-0.2, 0) is 41.6 Å². The van der Waals surface area contributed by atoms with Crippen LogP contribution in [-0.4, -0.2) is 136 Å². The SMILES string of the molecule is COC(=O)c1ccc(-c2cc(OC)ccc2F)c([C@@H](O)C(C)(C)O)c1.COC(=O)c1ccc(-c2cc(OC)ccc2F)c([C@H](O)C(C)(C)O)c1.COc1ccc(F)c(-c2ccc(CO)cc2[C@@H](OC)C(C)(C)OC)c1.COc1ccc(F)c(-c2ccc(CO)cc2[C@H](OC)C(C)(C)OC)c1. The number of carbonyl (C=O) groups is 2. The van der Waals surface area contributed by atoms with Gasteiger partial charge in [-0.25, -0.2) is 27.2 Å². The van der Waals surface area contributed by atoms with Crippen molar-refractivity contribution in [3.63, 3.8) is 0 Å². The van der Waals surface area contributed by atoms with Crippen molar-refractivity contribution in [3.8, 4) is 67.5 Å². The zero-order valence-corrected chi connectivity index (χ0v) is 59.7. The number of benzene rings is 8. The number of carbonyl (C=O) groups excluding carboxylic acids is 2. The van der Waals surface area contributed by atoms with E-state index in [9.17, 15) is 57.8 Å². The molecular formula is C78H92F4O18. The summed E-state index contributed by atoms with van der Waals surface area (Å²) in [6, 6.07) is 37.2. The summed E-state index contributed by atoms with van der Waals surface area (Å²) in [5, 5.41) is 60.5. The van der Waals surface area contributed by atoms with Gasteiger partial charge in [0.05, 0.1) is 89.4 Å². The van der Waals surface area contributed by atoms with Gasteiger partial charge in [0.2, 0.25) is 0 Å². The lowest BCUT2D eigenvalue weighted by Crippen LogP contribution is -2.33. The number of methoxy groups -OCH3 is 10. The molecule has 8 aromatic carbocycles. The molecule has 0 unspecified atom stereocenters. The van der Waals surface area contributed by atoms with Crippen molar-refractivity contribution in [2.45, 2.75) is 115 Å². The fraction of sp³-hybridized carbons (Fsp3) is 0.359. The quantitative estimate of drug-likeness (QED) is 0.0243. The first kappa shape index (κ1) is 81.9. The van der Waals surface area contributed by atoms with Crippen molar-refractivity contribution in [1.29, 1.82) is 0 Å². The fourth-order valence-corrected chi connectivity index (χ4v) is 10.8. The van der Waals surface area contributed by atoms with Crippen LogP contribution in [0, 0.1) is 23.3 Å². The average molecular weight is 1390 g/mol. The van der Waals surface area contributed by atoms with Gasteiger partial charge in [0, 0.05) is 50.7 Å². The van der Waals surface area contributed by atoms with Gasteiger partial charge < -0.3 is 78.0 Å². The number of esters is 2. The molecule has 0 spiro atoms. The van der Waals surface area contributed by atoms with Crippen LogP contribution in [0.2, 0.25) is 0 Å². The number of ether oxygens (including phenoxy) is 10. The van der Waals surface area contributed by atoms with Crippen LogP contribution < -0.4 is 18.9 Å². The highest BCUT2D eigenvalue weighted by Gasteiger charge is 2.36. The summed E-state index contributed by atoms with van der Waals surface area (Å²) in [4.78, 5) is 23.6. The van der Waals surface area contributed by atoms with Gasteiger partial charge in [-0.15, -0.1) is 0 Å². The molecule has 22 heteroatoms. The van der Waals surface area contributed by atoms with Crippen molar-refractivity contribution in [2.75, 3.05) is 71.1 Å². The molecule has 540 valence electrons. The second-order valence-corrected chi connectivity index (χ2v) is 25.1. The van der Waals surface area contributed by atoms with Crippen LogP contribution in [0.4, 0.5) is 17.6 Å². The molecule has 0 bridgehead atoms.